The van der Waals surface area contributed by atoms with Crippen LogP contribution < -0.4 is 0 Å². The first kappa shape index (κ1) is 18.4. The van der Waals surface area contributed by atoms with Crippen molar-refractivity contribution in [2.24, 2.45) is 0 Å². The fourth-order valence-electron chi connectivity index (χ4n) is 1.55. The topological polar surface area (TPSA) is 57.2 Å². The molecule has 1 saturated heterocycles. The zero-order valence-corrected chi connectivity index (χ0v) is 10.7. The van der Waals surface area contributed by atoms with E-state index in [-0.39, 0.29) is 26.4 Å². The Hall–Kier alpha value is -0.620. The molecule has 11 heteroatoms. The smallest absolute Gasteiger partial charge is 0.394 e. The number of ether oxygens (including phenoxy) is 4. The van der Waals surface area contributed by atoms with Gasteiger partial charge in [0.2, 0.25) is 0 Å². The molecule has 1 fully saturated rings. The fraction of sp³-hybridized carbons (Fsp3) is 1.00. The first-order valence-electron chi connectivity index (χ1n) is 5.85. The summed E-state index contributed by atoms with van der Waals surface area (Å²) in [6.07, 6.45) is -13.0. The Kier molecular flexibility index (Phi) is 6.23. The Morgan fingerprint density at radius 1 is 1.00 bits per heavy atom. The number of halogens is 6. The molecule has 1 aliphatic rings. The van der Waals surface area contributed by atoms with Gasteiger partial charge in [0.05, 0.1) is 39.6 Å². The normalized spacial score (nSPS) is 22.7. The van der Waals surface area contributed by atoms with Gasteiger partial charge >= 0.3 is 18.1 Å². The van der Waals surface area contributed by atoms with Gasteiger partial charge in [-0.25, -0.2) is 0 Å². The van der Waals surface area contributed by atoms with E-state index in [1.54, 1.807) is 0 Å². The molecule has 0 aromatic heterocycles. The van der Waals surface area contributed by atoms with Crippen molar-refractivity contribution in [2.45, 2.75) is 24.2 Å². The number of hydrogen-bond acceptors (Lipinski definition) is 5. The Morgan fingerprint density at radius 2 is 1.57 bits per heavy atom. The van der Waals surface area contributed by atoms with E-state index in [4.69, 9.17) is 14.6 Å². The van der Waals surface area contributed by atoms with Crippen molar-refractivity contribution in [3.05, 3.63) is 0 Å². The van der Waals surface area contributed by atoms with E-state index in [0.29, 0.717) is 0 Å². The van der Waals surface area contributed by atoms with Gasteiger partial charge in [0, 0.05) is 0 Å². The lowest BCUT2D eigenvalue weighted by Crippen LogP contribution is -2.58. The molecule has 0 aromatic carbocycles. The van der Waals surface area contributed by atoms with E-state index in [1.165, 1.54) is 0 Å². The van der Waals surface area contributed by atoms with Gasteiger partial charge in [0.15, 0.2) is 0 Å². The zero-order chi connectivity index (χ0) is 16.1. The third kappa shape index (κ3) is 4.42. The molecule has 1 unspecified atom stereocenters. The maximum absolute atomic E-state index is 12.6. The number of alkyl halides is 6. The van der Waals surface area contributed by atoms with Gasteiger partial charge in [0.1, 0.15) is 6.10 Å². The van der Waals surface area contributed by atoms with Gasteiger partial charge in [-0.1, -0.05) is 0 Å². The molecule has 1 atom stereocenters. The van der Waals surface area contributed by atoms with Crippen LogP contribution in [0.1, 0.15) is 0 Å². The number of rotatable bonds is 7. The summed E-state index contributed by atoms with van der Waals surface area (Å²) in [5.41, 5.74) is 0. The number of aliphatic hydroxyl groups excluding tert-OH is 1. The third-order valence-corrected chi connectivity index (χ3v) is 2.46. The molecular weight excluding hydrogens is 314 g/mol. The second-order valence-corrected chi connectivity index (χ2v) is 4.07. The first-order chi connectivity index (χ1) is 9.64. The van der Waals surface area contributed by atoms with E-state index in [0.717, 1.165) is 0 Å². The maximum Gasteiger partial charge on any atom is 0.453 e. The van der Waals surface area contributed by atoms with Crippen LogP contribution in [0.15, 0.2) is 0 Å². The summed E-state index contributed by atoms with van der Waals surface area (Å²) >= 11 is 0. The summed E-state index contributed by atoms with van der Waals surface area (Å²) in [6.45, 7) is -1.58. The highest BCUT2D eigenvalue weighted by Crippen LogP contribution is 2.49. The fourth-order valence-corrected chi connectivity index (χ4v) is 1.55. The molecule has 0 saturated carbocycles. The predicted octanol–water partition coefficient (Wildman–Crippen LogP) is 1.25. The van der Waals surface area contributed by atoms with Crippen molar-refractivity contribution >= 4 is 0 Å². The lowest BCUT2D eigenvalue weighted by Gasteiger charge is -2.31. The largest absolute Gasteiger partial charge is 0.453 e. The van der Waals surface area contributed by atoms with Crippen LogP contribution in [0.4, 0.5) is 26.3 Å². The van der Waals surface area contributed by atoms with E-state index in [2.05, 4.69) is 9.47 Å². The van der Waals surface area contributed by atoms with E-state index in [1.807, 2.05) is 0 Å². The summed E-state index contributed by atoms with van der Waals surface area (Å²) in [6, 6.07) is 0. The van der Waals surface area contributed by atoms with Gasteiger partial charge in [0.25, 0.3) is 0 Å². The summed E-state index contributed by atoms with van der Waals surface area (Å²) in [5, 5.41) is 8.39. The van der Waals surface area contributed by atoms with Crippen LogP contribution in [0.5, 0.6) is 0 Å². The monoisotopic (exact) mass is 328 g/mol. The van der Waals surface area contributed by atoms with Crippen LogP contribution in [-0.2, 0) is 18.9 Å². The highest BCUT2D eigenvalue weighted by Gasteiger charge is 2.77. The molecular formula is C10H14F6O5. The van der Waals surface area contributed by atoms with Crippen molar-refractivity contribution in [1.29, 1.82) is 0 Å². The average Bonchev–Trinajstić information content (AvgIpc) is 2.78. The van der Waals surface area contributed by atoms with Crippen LogP contribution in [0.3, 0.4) is 0 Å². The molecule has 0 radical (unpaired) electrons. The average molecular weight is 328 g/mol. The highest BCUT2D eigenvalue weighted by atomic mass is 19.4. The molecule has 0 spiro atoms. The Balaban J connectivity index is 2.46. The Bertz CT molecular complexity index is 304. The third-order valence-electron chi connectivity index (χ3n) is 2.46. The van der Waals surface area contributed by atoms with Crippen LogP contribution in [-0.4, -0.2) is 69.0 Å². The SMILES string of the molecule is OCCOCCOCC1COC(C(F)(F)F)(C(F)(F)F)O1. The molecule has 5 nitrogen and oxygen atoms in total. The lowest BCUT2D eigenvalue weighted by molar-refractivity contribution is -0.443. The van der Waals surface area contributed by atoms with Gasteiger partial charge in [-0.15, -0.1) is 0 Å². The second kappa shape index (κ2) is 7.09. The number of aliphatic hydroxyl groups is 1. The standard InChI is InChI=1S/C10H14F6O5/c11-9(12,13)8(10(14,15)16)20-6-7(21-8)5-19-4-3-18-2-1-17/h7,17H,1-6H2. The van der Waals surface area contributed by atoms with E-state index >= 15 is 0 Å². The minimum absolute atomic E-state index is 0.0395. The quantitative estimate of drug-likeness (QED) is 0.563. The van der Waals surface area contributed by atoms with Gasteiger partial charge in [-0.2, -0.15) is 26.3 Å². The van der Waals surface area contributed by atoms with Gasteiger partial charge < -0.3 is 24.1 Å². The maximum atomic E-state index is 12.6. The Labute approximate surface area is 115 Å². The van der Waals surface area contributed by atoms with Crippen molar-refractivity contribution in [2.75, 3.05) is 39.6 Å². The molecule has 0 amide bonds. The van der Waals surface area contributed by atoms with Crippen molar-refractivity contribution in [1.82, 2.24) is 0 Å². The van der Waals surface area contributed by atoms with Crippen molar-refractivity contribution < 1.29 is 50.4 Å². The van der Waals surface area contributed by atoms with Crippen LogP contribution >= 0.6 is 0 Å². The molecule has 0 aliphatic carbocycles. The summed E-state index contributed by atoms with van der Waals surface area (Å²) in [7, 11) is 0. The molecule has 1 N–H and O–H groups in total. The zero-order valence-electron chi connectivity index (χ0n) is 10.7. The number of hydrogen-bond donors (Lipinski definition) is 1. The molecule has 1 heterocycles. The van der Waals surface area contributed by atoms with E-state index < -0.39 is 37.5 Å². The van der Waals surface area contributed by atoms with Crippen LogP contribution in [0.25, 0.3) is 0 Å². The summed E-state index contributed by atoms with van der Waals surface area (Å²) in [5.74, 6) is -4.61. The molecule has 1 rings (SSSR count). The highest BCUT2D eigenvalue weighted by molar-refractivity contribution is 4.92. The van der Waals surface area contributed by atoms with Gasteiger partial charge in [-0.3, -0.25) is 0 Å². The summed E-state index contributed by atoms with van der Waals surface area (Å²) < 4.78 is 92.9. The van der Waals surface area contributed by atoms with Crippen molar-refractivity contribution in [3.8, 4) is 0 Å². The second-order valence-electron chi connectivity index (χ2n) is 4.07. The van der Waals surface area contributed by atoms with Crippen LogP contribution in [0.2, 0.25) is 0 Å². The predicted molar refractivity (Wildman–Crippen MR) is 54.4 cm³/mol. The molecule has 1 aliphatic heterocycles. The Morgan fingerprint density at radius 3 is 2.05 bits per heavy atom. The van der Waals surface area contributed by atoms with E-state index in [9.17, 15) is 26.3 Å². The minimum Gasteiger partial charge on any atom is -0.394 e. The minimum atomic E-state index is -5.75. The first-order valence-corrected chi connectivity index (χ1v) is 5.85. The van der Waals surface area contributed by atoms with Gasteiger partial charge in [-0.05, 0) is 0 Å². The molecule has 126 valence electrons. The molecule has 0 aromatic rings. The lowest BCUT2D eigenvalue weighted by atomic mass is 10.2. The van der Waals surface area contributed by atoms with Crippen LogP contribution in [0, 0.1) is 0 Å². The summed E-state index contributed by atoms with van der Waals surface area (Å²) in [4.78, 5) is 0. The molecule has 21 heavy (non-hydrogen) atoms. The van der Waals surface area contributed by atoms with Crippen molar-refractivity contribution in [3.63, 3.8) is 0 Å². The molecule has 0 bridgehead atoms.